The van der Waals surface area contributed by atoms with Gasteiger partial charge in [-0.05, 0) is 37.5 Å². The molecule has 4 saturated carbocycles. The van der Waals surface area contributed by atoms with Crippen LogP contribution in [0.5, 0.6) is 0 Å². The van der Waals surface area contributed by atoms with Crippen LogP contribution in [0.2, 0.25) is 0 Å². The van der Waals surface area contributed by atoms with E-state index in [1.807, 2.05) is 0 Å². The lowest BCUT2D eigenvalue weighted by Crippen LogP contribution is -2.18. The monoisotopic (exact) mass is 264 g/mol. The van der Waals surface area contributed by atoms with Crippen LogP contribution in [0.15, 0.2) is 0 Å². The summed E-state index contributed by atoms with van der Waals surface area (Å²) in [7, 11) is 0. The third-order valence-electron chi connectivity index (χ3n) is 3.79. The molecule has 0 amide bonds. The summed E-state index contributed by atoms with van der Waals surface area (Å²) in [6.45, 7) is 0. The van der Waals surface area contributed by atoms with Gasteiger partial charge in [0, 0.05) is 8.65 Å². The van der Waals surface area contributed by atoms with Crippen LogP contribution in [0.4, 0.5) is 0 Å². The van der Waals surface area contributed by atoms with Crippen LogP contribution in [0, 0.1) is 11.8 Å². The Balaban J connectivity index is 2.15. The predicted octanol–water partition coefficient (Wildman–Crippen LogP) is 3.09. The van der Waals surface area contributed by atoms with Gasteiger partial charge in [-0.3, -0.25) is 0 Å². The van der Waals surface area contributed by atoms with E-state index in [1.165, 1.54) is 25.7 Å². The molecule has 4 aliphatic carbocycles. The van der Waals surface area contributed by atoms with Crippen molar-refractivity contribution in [1.29, 1.82) is 0 Å². The normalized spacial score (nSPS) is 70.2. The first-order valence-electron chi connectivity index (χ1n) is 4.00. The fraction of sp³-hybridized carbons (Fsp3) is 1.00. The maximum atomic E-state index is 3.90. The maximum Gasteiger partial charge on any atom is 0.0303 e. The second-order valence-corrected chi connectivity index (χ2v) is 7.44. The van der Waals surface area contributed by atoms with Crippen molar-refractivity contribution in [3.8, 4) is 0 Å². The molecule has 56 valence electrons. The molecular weight excluding hydrogens is 256 g/mol. The van der Waals surface area contributed by atoms with Crippen molar-refractivity contribution < 1.29 is 0 Å². The Morgan fingerprint density at radius 2 is 1.50 bits per heavy atom. The first-order valence-corrected chi connectivity index (χ1v) is 5.59. The molecule has 0 heterocycles. The number of alkyl halides is 2. The Bertz CT molecular complexity index is 183. The number of halogens is 2. The summed E-state index contributed by atoms with van der Waals surface area (Å²) in [5, 5.41) is 0. The summed E-state index contributed by atoms with van der Waals surface area (Å²) in [5.74, 6) is 1.99. The Morgan fingerprint density at radius 1 is 1.00 bits per heavy atom. The largest absolute Gasteiger partial charge is 0.0850 e. The molecule has 0 aromatic rings. The van der Waals surface area contributed by atoms with Gasteiger partial charge in [0.2, 0.25) is 0 Å². The van der Waals surface area contributed by atoms with Gasteiger partial charge in [-0.2, -0.15) is 0 Å². The zero-order chi connectivity index (χ0) is 6.98. The fourth-order valence-electron chi connectivity index (χ4n) is 3.37. The molecule has 2 heteroatoms. The van der Waals surface area contributed by atoms with Crippen molar-refractivity contribution >= 4 is 31.9 Å². The van der Waals surface area contributed by atoms with Crippen molar-refractivity contribution in [3.05, 3.63) is 0 Å². The summed E-state index contributed by atoms with van der Waals surface area (Å²) in [6.07, 6.45) is 5.73. The highest BCUT2D eigenvalue weighted by Gasteiger charge is 2.68. The minimum atomic E-state index is 0.571. The maximum absolute atomic E-state index is 3.90. The Kier molecular flexibility index (Phi) is 0.982. The molecule has 0 nitrogen and oxygen atoms in total. The van der Waals surface area contributed by atoms with Gasteiger partial charge in [0.1, 0.15) is 0 Å². The Hall–Kier alpha value is 0.960. The highest BCUT2D eigenvalue weighted by Crippen LogP contribution is 2.73. The smallest absolute Gasteiger partial charge is 0.0303 e. The molecule has 4 atom stereocenters. The number of hydrogen-bond donors (Lipinski definition) is 0. The third-order valence-corrected chi connectivity index (χ3v) is 6.29. The van der Waals surface area contributed by atoms with Gasteiger partial charge in [-0.15, -0.1) is 0 Å². The summed E-state index contributed by atoms with van der Waals surface area (Å²) in [5.41, 5.74) is 0. The molecule has 4 bridgehead atoms. The minimum absolute atomic E-state index is 0.571. The molecule has 0 spiro atoms. The average Bonchev–Trinajstić information content (AvgIpc) is 2.27. The zero-order valence-corrected chi connectivity index (χ0v) is 8.91. The van der Waals surface area contributed by atoms with Crippen LogP contribution in [0.25, 0.3) is 0 Å². The van der Waals surface area contributed by atoms with Gasteiger partial charge < -0.3 is 0 Å². The molecule has 0 aromatic carbocycles. The molecule has 0 radical (unpaired) electrons. The van der Waals surface area contributed by atoms with E-state index >= 15 is 0 Å². The van der Waals surface area contributed by atoms with Crippen molar-refractivity contribution in [1.82, 2.24) is 0 Å². The summed E-state index contributed by atoms with van der Waals surface area (Å²) in [6, 6.07) is 0. The molecule has 10 heavy (non-hydrogen) atoms. The van der Waals surface area contributed by atoms with E-state index in [2.05, 4.69) is 31.9 Å². The molecule has 4 rings (SSSR count). The molecule has 0 N–H and O–H groups in total. The van der Waals surface area contributed by atoms with E-state index in [4.69, 9.17) is 0 Å². The first kappa shape index (κ1) is 6.47. The van der Waals surface area contributed by atoms with Gasteiger partial charge in [0.05, 0.1) is 0 Å². The fourth-order valence-corrected chi connectivity index (χ4v) is 6.23. The van der Waals surface area contributed by atoms with Gasteiger partial charge in [-0.25, -0.2) is 0 Å². The first-order chi connectivity index (χ1) is 4.62. The van der Waals surface area contributed by atoms with Crippen molar-refractivity contribution in [2.75, 3.05) is 0 Å². The SMILES string of the molecule is Br[C@@]12C[C@H]3C[C@@H]1C[C@@]3(Br)C2. The lowest BCUT2D eigenvalue weighted by Gasteiger charge is -2.19. The lowest BCUT2D eigenvalue weighted by molar-refractivity contribution is 0.512. The molecule has 0 aliphatic heterocycles. The van der Waals surface area contributed by atoms with E-state index in [0.717, 1.165) is 11.8 Å². The third kappa shape index (κ3) is 0.523. The van der Waals surface area contributed by atoms with Crippen LogP contribution in [0.3, 0.4) is 0 Å². The second kappa shape index (κ2) is 1.52. The standard InChI is InChI=1S/C8H10Br2/c9-7-2-5-1-6(7)3-8(5,10)4-7/h5-6H,1-4H2/t5-,6-,7-,8-/m1/s1. The number of rotatable bonds is 0. The van der Waals surface area contributed by atoms with Gasteiger partial charge in [-0.1, -0.05) is 31.9 Å². The lowest BCUT2D eigenvalue weighted by atomic mass is 10.0. The highest BCUT2D eigenvalue weighted by molar-refractivity contribution is 9.10. The van der Waals surface area contributed by atoms with E-state index in [0.29, 0.717) is 8.65 Å². The highest BCUT2D eigenvalue weighted by atomic mass is 79.9. The molecule has 0 saturated heterocycles. The van der Waals surface area contributed by atoms with Crippen LogP contribution >= 0.6 is 31.9 Å². The van der Waals surface area contributed by atoms with Crippen LogP contribution < -0.4 is 0 Å². The van der Waals surface area contributed by atoms with Crippen molar-refractivity contribution in [3.63, 3.8) is 0 Å². The Labute approximate surface area is 78.0 Å². The molecular formula is C8H10Br2. The van der Waals surface area contributed by atoms with Crippen molar-refractivity contribution in [2.24, 2.45) is 11.8 Å². The van der Waals surface area contributed by atoms with E-state index in [1.54, 1.807) is 0 Å². The molecule has 4 fully saturated rings. The zero-order valence-electron chi connectivity index (χ0n) is 5.74. The summed E-state index contributed by atoms with van der Waals surface area (Å²) in [4.78, 5) is 0. The van der Waals surface area contributed by atoms with Crippen LogP contribution in [-0.4, -0.2) is 8.65 Å². The van der Waals surface area contributed by atoms with Crippen LogP contribution in [-0.2, 0) is 0 Å². The molecule has 0 aromatic heterocycles. The average molecular weight is 266 g/mol. The van der Waals surface area contributed by atoms with Crippen molar-refractivity contribution in [2.45, 2.75) is 34.3 Å². The molecule has 4 aliphatic rings. The van der Waals surface area contributed by atoms with Gasteiger partial charge in [0.15, 0.2) is 0 Å². The predicted molar refractivity (Wildman–Crippen MR) is 48.8 cm³/mol. The second-order valence-electron chi connectivity index (χ2n) is 4.28. The van der Waals surface area contributed by atoms with E-state index in [-0.39, 0.29) is 0 Å². The van der Waals surface area contributed by atoms with Crippen LogP contribution in [0.1, 0.15) is 25.7 Å². The quantitative estimate of drug-likeness (QED) is 0.591. The van der Waals surface area contributed by atoms with E-state index in [9.17, 15) is 0 Å². The summed E-state index contributed by atoms with van der Waals surface area (Å²) >= 11 is 7.80. The van der Waals surface area contributed by atoms with Gasteiger partial charge in [0.25, 0.3) is 0 Å². The Morgan fingerprint density at radius 3 is 1.60 bits per heavy atom. The molecule has 0 unspecified atom stereocenters. The number of hydrogen-bond acceptors (Lipinski definition) is 0. The minimum Gasteiger partial charge on any atom is -0.0850 e. The van der Waals surface area contributed by atoms with E-state index < -0.39 is 0 Å². The topological polar surface area (TPSA) is 0 Å². The summed E-state index contributed by atoms with van der Waals surface area (Å²) < 4.78 is 1.14. The van der Waals surface area contributed by atoms with Gasteiger partial charge >= 0.3 is 0 Å².